The molecule has 1 aromatic carbocycles. The molecule has 0 aliphatic carbocycles. The smallest absolute Gasteiger partial charge is 0.227 e. The molecule has 0 saturated heterocycles. The van der Waals surface area contributed by atoms with Crippen molar-refractivity contribution in [2.45, 2.75) is 26.4 Å². The first kappa shape index (κ1) is 18.4. The number of nitrogens with one attached hydrogen (secondary N) is 1. The highest BCUT2D eigenvalue weighted by atomic mass is 16.3. The average molecular weight is 363 g/mol. The van der Waals surface area contributed by atoms with Crippen LogP contribution in [0.25, 0.3) is 0 Å². The SMILES string of the molecule is CC(=O)Nc1ccc(CC(=O)N(Cc2cccnc2)Cc2ccco2)cc1. The van der Waals surface area contributed by atoms with Crippen LogP contribution in [0.3, 0.4) is 0 Å². The number of amides is 2. The molecule has 2 amide bonds. The van der Waals surface area contributed by atoms with E-state index in [1.165, 1.54) is 6.92 Å². The van der Waals surface area contributed by atoms with Crippen LogP contribution in [0.5, 0.6) is 0 Å². The number of furan rings is 1. The van der Waals surface area contributed by atoms with E-state index in [4.69, 9.17) is 4.42 Å². The van der Waals surface area contributed by atoms with E-state index in [-0.39, 0.29) is 18.2 Å². The third-order valence-corrected chi connectivity index (χ3v) is 4.01. The van der Waals surface area contributed by atoms with Gasteiger partial charge in [0.05, 0.1) is 19.2 Å². The number of hydrogen-bond acceptors (Lipinski definition) is 4. The number of rotatable bonds is 7. The minimum atomic E-state index is -0.125. The van der Waals surface area contributed by atoms with Gasteiger partial charge in [0.1, 0.15) is 5.76 Å². The summed E-state index contributed by atoms with van der Waals surface area (Å²) in [5.41, 5.74) is 2.55. The Morgan fingerprint density at radius 1 is 1.04 bits per heavy atom. The summed E-state index contributed by atoms with van der Waals surface area (Å²) in [6.07, 6.45) is 5.33. The van der Waals surface area contributed by atoms with Gasteiger partial charge in [-0.3, -0.25) is 14.6 Å². The number of hydrogen-bond donors (Lipinski definition) is 1. The van der Waals surface area contributed by atoms with Crippen molar-refractivity contribution < 1.29 is 14.0 Å². The number of benzene rings is 1. The van der Waals surface area contributed by atoms with Crippen molar-refractivity contribution in [3.8, 4) is 0 Å². The molecule has 0 unspecified atom stereocenters. The van der Waals surface area contributed by atoms with Crippen LogP contribution in [0.4, 0.5) is 5.69 Å². The molecule has 0 saturated carbocycles. The van der Waals surface area contributed by atoms with Crippen LogP contribution < -0.4 is 5.32 Å². The first-order valence-electron chi connectivity index (χ1n) is 8.66. The zero-order valence-corrected chi connectivity index (χ0v) is 15.1. The average Bonchev–Trinajstić information content (AvgIpc) is 3.16. The van der Waals surface area contributed by atoms with Gasteiger partial charge < -0.3 is 14.6 Å². The second kappa shape index (κ2) is 8.80. The van der Waals surface area contributed by atoms with Crippen LogP contribution in [0, 0.1) is 0 Å². The summed E-state index contributed by atoms with van der Waals surface area (Å²) in [6.45, 7) is 2.31. The highest BCUT2D eigenvalue weighted by Crippen LogP contribution is 2.14. The quantitative estimate of drug-likeness (QED) is 0.698. The Kier molecular flexibility index (Phi) is 5.99. The van der Waals surface area contributed by atoms with Crippen LogP contribution in [-0.4, -0.2) is 21.7 Å². The van der Waals surface area contributed by atoms with Crippen LogP contribution in [0.15, 0.2) is 71.6 Å². The van der Waals surface area contributed by atoms with E-state index in [1.807, 2.05) is 36.4 Å². The van der Waals surface area contributed by atoms with Crippen molar-refractivity contribution in [1.29, 1.82) is 0 Å². The molecule has 3 rings (SSSR count). The molecule has 2 aromatic heterocycles. The van der Waals surface area contributed by atoms with Gasteiger partial charge in [-0.1, -0.05) is 18.2 Å². The van der Waals surface area contributed by atoms with Crippen LogP contribution in [0.2, 0.25) is 0 Å². The maximum atomic E-state index is 12.9. The highest BCUT2D eigenvalue weighted by Gasteiger charge is 2.16. The molecule has 0 spiro atoms. The summed E-state index contributed by atoms with van der Waals surface area (Å²) in [5, 5.41) is 2.72. The first-order chi connectivity index (χ1) is 13.1. The molecule has 0 aliphatic rings. The monoisotopic (exact) mass is 363 g/mol. The van der Waals surface area contributed by atoms with Gasteiger partial charge in [-0.15, -0.1) is 0 Å². The molecule has 3 aromatic rings. The Bertz CT molecular complexity index is 875. The first-order valence-corrected chi connectivity index (χ1v) is 8.66. The van der Waals surface area contributed by atoms with Gasteiger partial charge in [-0.2, -0.15) is 0 Å². The van der Waals surface area contributed by atoms with Gasteiger partial charge in [0.2, 0.25) is 11.8 Å². The van der Waals surface area contributed by atoms with E-state index in [0.29, 0.717) is 18.8 Å². The zero-order chi connectivity index (χ0) is 19.1. The number of aromatic nitrogens is 1. The van der Waals surface area contributed by atoms with Crippen LogP contribution in [0.1, 0.15) is 23.8 Å². The second-order valence-corrected chi connectivity index (χ2v) is 6.25. The van der Waals surface area contributed by atoms with E-state index in [2.05, 4.69) is 10.3 Å². The minimum Gasteiger partial charge on any atom is -0.467 e. The van der Waals surface area contributed by atoms with E-state index in [0.717, 1.165) is 16.9 Å². The summed E-state index contributed by atoms with van der Waals surface area (Å²) in [6, 6.07) is 14.7. The topological polar surface area (TPSA) is 75.4 Å². The van der Waals surface area contributed by atoms with Gasteiger partial charge in [0.25, 0.3) is 0 Å². The standard InChI is InChI=1S/C21H21N3O3/c1-16(25)23-19-8-6-17(7-9-19)12-21(26)24(15-20-5-3-11-27-20)14-18-4-2-10-22-13-18/h2-11,13H,12,14-15H2,1H3,(H,23,25). The molecular formula is C21H21N3O3. The van der Waals surface area contributed by atoms with Crippen molar-refractivity contribution in [2.24, 2.45) is 0 Å². The largest absolute Gasteiger partial charge is 0.467 e. The lowest BCUT2D eigenvalue weighted by Gasteiger charge is -2.22. The van der Waals surface area contributed by atoms with Crippen LogP contribution in [-0.2, 0) is 29.1 Å². The Morgan fingerprint density at radius 2 is 1.85 bits per heavy atom. The third-order valence-electron chi connectivity index (χ3n) is 4.01. The predicted molar refractivity (Wildman–Crippen MR) is 102 cm³/mol. The van der Waals surface area contributed by atoms with E-state index in [1.54, 1.807) is 35.7 Å². The van der Waals surface area contributed by atoms with Gasteiger partial charge in [0, 0.05) is 31.5 Å². The predicted octanol–water partition coefficient (Wildman–Crippen LogP) is 3.40. The molecular weight excluding hydrogens is 342 g/mol. The molecule has 138 valence electrons. The van der Waals surface area contributed by atoms with Crippen molar-refractivity contribution in [3.63, 3.8) is 0 Å². The summed E-state index contributed by atoms with van der Waals surface area (Å²) in [4.78, 5) is 29.9. The van der Waals surface area contributed by atoms with Gasteiger partial charge >= 0.3 is 0 Å². The summed E-state index contributed by atoms with van der Waals surface area (Å²) >= 11 is 0. The lowest BCUT2D eigenvalue weighted by molar-refractivity contribution is -0.132. The Morgan fingerprint density at radius 3 is 2.48 bits per heavy atom. The third kappa shape index (κ3) is 5.54. The van der Waals surface area contributed by atoms with E-state index in [9.17, 15) is 9.59 Å². The van der Waals surface area contributed by atoms with Crippen molar-refractivity contribution in [2.75, 3.05) is 5.32 Å². The number of pyridine rings is 1. The van der Waals surface area contributed by atoms with Crippen LogP contribution >= 0.6 is 0 Å². The number of anilines is 1. The Labute approximate surface area is 157 Å². The van der Waals surface area contributed by atoms with E-state index < -0.39 is 0 Å². The van der Waals surface area contributed by atoms with E-state index >= 15 is 0 Å². The van der Waals surface area contributed by atoms with Gasteiger partial charge in [0.15, 0.2) is 0 Å². The molecule has 2 heterocycles. The second-order valence-electron chi connectivity index (χ2n) is 6.25. The molecule has 6 nitrogen and oxygen atoms in total. The number of carbonyl (C=O) groups is 2. The summed E-state index contributed by atoms with van der Waals surface area (Å²) < 4.78 is 5.41. The molecule has 0 atom stereocenters. The Hall–Kier alpha value is -3.41. The lowest BCUT2D eigenvalue weighted by atomic mass is 10.1. The molecule has 6 heteroatoms. The maximum absolute atomic E-state index is 12.9. The van der Waals surface area contributed by atoms with Crippen molar-refractivity contribution >= 4 is 17.5 Å². The molecule has 0 aliphatic heterocycles. The highest BCUT2D eigenvalue weighted by molar-refractivity contribution is 5.88. The normalized spacial score (nSPS) is 10.4. The number of carbonyl (C=O) groups excluding carboxylic acids is 2. The van der Waals surface area contributed by atoms with Crippen molar-refractivity contribution in [3.05, 3.63) is 84.1 Å². The zero-order valence-electron chi connectivity index (χ0n) is 15.1. The fraction of sp³-hybridized carbons (Fsp3) is 0.190. The molecule has 0 fully saturated rings. The van der Waals surface area contributed by atoms with Gasteiger partial charge in [-0.25, -0.2) is 0 Å². The van der Waals surface area contributed by atoms with Gasteiger partial charge in [-0.05, 0) is 41.5 Å². The number of nitrogens with zero attached hydrogens (tertiary/aromatic N) is 2. The lowest BCUT2D eigenvalue weighted by Crippen LogP contribution is -2.31. The molecule has 1 N–H and O–H groups in total. The minimum absolute atomic E-state index is 0.0115. The van der Waals surface area contributed by atoms with Crippen molar-refractivity contribution in [1.82, 2.24) is 9.88 Å². The fourth-order valence-electron chi connectivity index (χ4n) is 2.73. The molecule has 27 heavy (non-hydrogen) atoms. The molecule has 0 bridgehead atoms. The Balaban J connectivity index is 1.70. The fourth-order valence-corrected chi connectivity index (χ4v) is 2.73. The maximum Gasteiger partial charge on any atom is 0.227 e. The summed E-state index contributed by atoms with van der Waals surface area (Å²) in [5.74, 6) is 0.593. The molecule has 0 radical (unpaired) electrons. The summed E-state index contributed by atoms with van der Waals surface area (Å²) in [7, 11) is 0.